The number of nitrogens with zero attached hydrogens (tertiary/aromatic N) is 6. The van der Waals surface area contributed by atoms with Gasteiger partial charge in [0.2, 0.25) is 0 Å². The normalized spacial score (nSPS) is 22.1. The SMILES string of the molecule is CC(C)N1CC[C@@H](CN(C)c2nc(C3CCCC3)nc3c2cnn3C)C1. The highest BCUT2D eigenvalue weighted by molar-refractivity contribution is 5.86. The summed E-state index contributed by atoms with van der Waals surface area (Å²) in [6.07, 6.45) is 8.25. The van der Waals surface area contributed by atoms with Gasteiger partial charge in [-0.1, -0.05) is 12.8 Å². The molecular formula is C20H32N6. The van der Waals surface area contributed by atoms with Gasteiger partial charge >= 0.3 is 0 Å². The molecule has 1 atom stereocenters. The van der Waals surface area contributed by atoms with Gasteiger partial charge in [-0.05, 0) is 45.6 Å². The number of fused-ring (bicyclic) bond motifs is 1. The van der Waals surface area contributed by atoms with Crippen LogP contribution >= 0.6 is 0 Å². The van der Waals surface area contributed by atoms with Crippen molar-refractivity contribution >= 4 is 16.9 Å². The highest BCUT2D eigenvalue weighted by atomic mass is 15.3. The van der Waals surface area contributed by atoms with E-state index in [0.29, 0.717) is 17.9 Å². The molecule has 1 saturated heterocycles. The maximum absolute atomic E-state index is 5.04. The van der Waals surface area contributed by atoms with Gasteiger partial charge in [0, 0.05) is 39.1 Å². The van der Waals surface area contributed by atoms with Crippen molar-refractivity contribution in [2.45, 2.75) is 57.9 Å². The molecule has 0 amide bonds. The van der Waals surface area contributed by atoms with Crippen LogP contribution in [-0.2, 0) is 7.05 Å². The first-order chi connectivity index (χ1) is 12.5. The minimum Gasteiger partial charge on any atom is -0.359 e. The summed E-state index contributed by atoms with van der Waals surface area (Å²) in [5.41, 5.74) is 0.971. The molecule has 6 nitrogen and oxygen atoms in total. The Labute approximate surface area is 156 Å². The van der Waals surface area contributed by atoms with Crippen LogP contribution in [0.25, 0.3) is 11.0 Å². The molecule has 2 aromatic rings. The van der Waals surface area contributed by atoms with E-state index in [0.717, 1.165) is 29.2 Å². The standard InChI is InChI=1S/C20H32N6/c1-14(2)26-10-9-15(13-26)12-24(3)19-17-11-21-25(4)20(17)23-18(22-19)16-7-5-6-8-16/h11,14-16H,5-10,12-13H2,1-4H3/t15-/m0/s1. The molecular weight excluding hydrogens is 324 g/mol. The molecule has 0 N–H and O–H groups in total. The van der Waals surface area contributed by atoms with Gasteiger partial charge in [-0.25, -0.2) is 9.97 Å². The smallest absolute Gasteiger partial charge is 0.163 e. The van der Waals surface area contributed by atoms with E-state index >= 15 is 0 Å². The third-order valence-corrected chi connectivity index (χ3v) is 6.25. The van der Waals surface area contributed by atoms with Crippen LogP contribution in [0, 0.1) is 5.92 Å². The Morgan fingerprint density at radius 3 is 2.65 bits per heavy atom. The summed E-state index contributed by atoms with van der Waals surface area (Å²) < 4.78 is 1.89. The molecule has 2 aliphatic rings. The number of aryl methyl sites for hydroxylation is 1. The molecule has 26 heavy (non-hydrogen) atoms. The van der Waals surface area contributed by atoms with Crippen LogP contribution in [0.2, 0.25) is 0 Å². The number of hydrogen-bond acceptors (Lipinski definition) is 5. The lowest BCUT2D eigenvalue weighted by Gasteiger charge is -2.25. The fraction of sp³-hybridized carbons (Fsp3) is 0.750. The zero-order valence-corrected chi connectivity index (χ0v) is 16.6. The fourth-order valence-corrected chi connectivity index (χ4v) is 4.64. The number of anilines is 1. The summed E-state index contributed by atoms with van der Waals surface area (Å²) >= 11 is 0. The molecule has 3 heterocycles. The fourth-order valence-electron chi connectivity index (χ4n) is 4.64. The van der Waals surface area contributed by atoms with E-state index in [1.807, 2.05) is 17.9 Å². The Morgan fingerprint density at radius 1 is 1.19 bits per heavy atom. The maximum atomic E-state index is 5.04. The van der Waals surface area contributed by atoms with E-state index in [4.69, 9.17) is 9.97 Å². The van der Waals surface area contributed by atoms with Crippen molar-refractivity contribution < 1.29 is 0 Å². The second-order valence-electron chi connectivity index (χ2n) is 8.52. The minimum absolute atomic E-state index is 0.518. The molecule has 6 heteroatoms. The third-order valence-electron chi connectivity index (χ3n) is 6.25. The molecule has 2 fully saturated rings. The average molecular weight is 357 g/mol. The molecule has 0 spiro atoms. The summed E-state index contributed by atoms with van der Waals surface area (Å²) in [6.45, 7) is 8.05. The van der Waals surface area contributed by atoms with Gasteiger partial charge in [-0.15, -0.1) is 0 Å². The summed E-state index contributed by atoms with van der Waals surface area (Å²) in [6, 6.07) is 0.642. The van der Waals surface area contributed by atoms with E-state index in [1.54, 1.807) is 0 Å². The van der Waals surface area contributed by atoms with E-state index in [1.165, 1.54) is 45.2 Å². The largest absolute Gasteiger partial charge is 0.359 e. The second-order valence-corrected chi connectivity index (χ2v) is 8.52. The predicted octanol–water partition coefficient (Wildman–Crippen LogP) is 3.19. The van der Waals surface area contributed by atoms with Gasteiger partial charge in [0.15, 0.2) is 5.65 Å². The van der Waals surface area contributed by atoms with Crippen molar-refractivity contribution in [2.24, 2.45) is 13.0 Å². The molecule has 0 bridgehead atoms. The highest BCUT2D eigenvalue weighted by Crippen LogP contribution is 2.35. The van der Waals surface area contributed by atoms with Crippen molar-refractivity contribution in [1.29, 1.82) is 0 Å². The zero-order chi connectivity index (χ0) is 18.3. The topological polar surface area (TPSA) is 50.1 Å². The minimum atomic E-state index is 0.518. The predicted molar refractivity (Wildman–Crippen MR) is 106 cm³/mol. The van der Waals surface area contributed by atoms with Gasteiger partial charge in [-0.3, -0.25) is 4.68 Å². The highest BCUT2D eigenvalue weighted by Gasteiger charge is 2.27. The number of hydrogen-bond donors (Lipinski definition) is 0. The monoisotopic (exact) mass is 356 g/mol. The Bertz CT molecular complexity index is 761. The van der Waals surface area contributed by atoms with E-state index < -0.39 is 0 Å². The Kier molecular flexibility index (Phi) is 4.86. The molecule has 1 aliphatic heterocycles. The zero-order valence-electron chi connectivity index (χ0n) is 16.6. The molecule has 2 aromatic heterocycles. The van der Waals surface area contributed by atoms with E-state index in [9.17, 15) is 0 Å². The lowest BCUT2D eigenvalue weighted by molar-refractivity contribution is 0.265. The molecule has 142 valence electrons. The Morgan fingerprint density at radius 2 is 1.96 bits per heavy atom. The van der Waals surface area contributed by atoms with Crippen molar-refractivity contribution in [1.82, 2.24) is 24.6 Å². The van der Waals surface area contributed by atoms with Crippen molar-refractivity contribution in [3.63, 3.8) is 0 Å². The summed E-state index contributed by atoms with van der Waals surface area (Å²) in [5, 5.41) is 5.53. The van der Waals surface area contributed by atoms with Crippen LogP contribution in [-0.4, -0.2) is 57.4 Å². The molecule has 0 aromatic carbocycles. The molecule has 4 rings (SSSR count). The van der Waals surface area contributed by atoms with Gasteiger partial charge in [0.1, 0.15) is 11.6 Å². The first-order valence-electron chi connectivity index (χ1n) is 10.2. The van der Waals surface area contributed by atoms with Gasteiger partial charge in [0.05, 0.1) is 11.6 Å². The van der Waals surface area contributed by atoms with E-state index in [2.05, 4.69) is 35.8 Å². The average Bonchev–Trinajstić information content (AvgIpc) is 3.35. The number of aromatic nitrogens is 4. The first kappa shape index (κ1) is 17.7. The quantitative estimate of drug-likeness (QED) is 0.823. The molecule has 0 radical (unpaired) electrons. The first-order valence-corrected chi connectivity index (χ1v) is 10.2. The molecule has 1 saturated carbocycles. The molecule has 0 unspecified atom stereocenters. The lowest BCUT2D eigenvalue weighted by Crippen LogP contribution is -2.32. The van der Waals surface area contributed by atoms with Crippen LogP contribution in [0.5, 0.6) is 0 Å². The lowest BCUT2D eigenvalue weighted by atomic mass is 10.1. The summed E-state index contributed by atoms with van der Waals surface area (Å²) in [7, 11) is 4.17. The Hall–Kier alpha value is -1.69. The number of likely N-dealkylation sites (tertiary alicyclic amines) is 1. The third kappa shape index (κ3) is 3.31. The van der Waals surface area contributed by atoms with Crippen molar-refractivity contribution in [3.8, 4) is 0 Å². The molecule has 1 aliphatic carbocycles. The van der Waals surface area contributed by atoms with E-state index in [-0.39, 0.29) is 0 Å². The Balaban J connectivity index is 1.60. The second kappa shape index (κ2) is 7.14. The summed E-state index contributed by atoms with van der Waals surface area (Å²) in [4.78, 5) is 14.9. The number of rotatable bonds is 5. The van der Waals surface area contributed by atoms with Crippen molar-refractivity contribution in [3.05, 3.63) is 12.0 Å². The van der Waals surface area contributed by atoms with Crippen LogP contribution in [0.1, 0.15) is 57.7 Å². The van der Waals surface area contributed by atoms with Crippen LogP contribution < -0.4 is 4.90 Å². The van der Waals surface area contributed by atoms with Crippen LogP contribution in [0.4, 0.5) is 5.82 Å². The maximum Gasteiger partial charge on any atom is 0.163 e. The summed E-state index contributed by atoms with van der Waals surface area (Å²) in [5.74, 6) is 3.31. The van der Waals surface area contributed by atoms with Crippen LogP contribution in [0.3, 0.4) is 0 Å². The van der Waals surface area contributed by atoms with Crippen LogP contribution in [0.15, 0.2) is 6.20 Å². The van der Waals surface area contributed by atoms with Gasteiger partial charge in [0.25, 0.3) is 0 Å². The van der Waals surface area contributed by atoms with Gasteiger partial charge in [-0.2, -0.15) is 5.10 Å². The van der Waals surface area contributed by atoms with Crippen molar-refractivity contribution in [2.75, 3.05) is 31.6 Å². The van der Waals surface area contributed by atoms with Gasteiger partial charge < -0.3 is 9.80 Å².